The first-order chi connectivity index (χ1) is 8.25. The predicted molar refractivity (Wildman–Crippen MR) is 63.6 cm³/mol. The van der Waals surface area contributed by atoms with E-state index >= 15 is 0 Å². The summed E-state index contributed by atoms with van der Waals surface area (Å²) in [4.78, 5) is 12.4. The molecule has 3 heteroatoms. The highest BCUT2D eigenvalue weighted by Gasteiger charge is 2.12. The fourth-order valence-corrected chi connectivity index (χ4v) is 2.50. The van der Waals surface area contributed by atoms with Crippen LogP contribution in [0.25, 0.3) is 0 Å². The Morgan fingerprint density at radius 1 is 1.18 bits per heavy atom. The number of likely N-dealkylation sites (tertiary alicyclic amines) is 1. The standard InChI is InChI=1S/C14H19NO2/c16-14(17)13-7-5-6-12(10-13)11-15-8-3-1-2-4-9-15/h5-7,10H,1-4,8-9,11H2,(H,16,17). The Morgan fingerprint density at radius 2 is 1.88 bits per heavy atom. The minimum absolute atomic E-state index is 0.289. The van der Waals surface area contributed by atoms with Crippen molar-refractivity contribution in [2.75, 3.05) is 13.1 Å². The molecule has 1 fully saturated rings. The van der Waals surface area contributed by atoms with Crippen LogP contribution in [0.2, 0.25) is 0 Å². The van der Waals surface area contributed by atoms with Gasteiger partial charge in [0, 0.05) is 5.56 Å². The van der Waals surface area contributed by atoms with E-state index in [1.54, 1.807) is 23.1 Å². The molecular formula is C14H19NO2. The van der Waals surface area contributed by atoms with Crippen LogP contribution in [0.3, 0.4) is 0 Å². The Labute approximate surface area is 102 Å². The van der Waals surface area contributed by atoms with Gasteiger partial charge in [-0.1, -0.05) is 18.2 Å². The number of hydrogen-bond donors (Lipinski definition) is 1. The first-order valence-corrected chi connectivity index (χ1v) is 6.39. The largest absolute Gasteiger partial charge is 0.545 e. The summed E-state index contributed by atoms with van der Waals surface area (Å²) < 4.78 is 0. The number of carboxylic acids is 1. The van der Waals surface area contributed by atoms with Crippen LogP contribution in [0.1, 0.15) is 41.6 Å². The molecule has 2 rings (SSSR count). The molecule has 0 spiro atoms. The highest BCUT2D eigenvalue weighted by Crippen LogP contribution is 2.04. The zero-order valence-electron chi connectivity index (χ0n) is 10.1. The second-order valence-electron chi connectivity index (χ2n) is 4.83. The Hall–Kier alpha value is -1.35. The second-order valence-corrected chi connectivity index (χ2v) is 4.83. The molecule has 0 radical (unpaired) electrons. The van der Waals surface area contributed by atoms with Crippen LogP contribution in [-0.4, -0.2) is 19.1 Å². The average Bonchev–Trinajstić information content (AvgIpc) is 2.58. The first-order valence-electron chi connectivity index (χ1n) is 6.39. The molecule has 0 atom stereocenters. The lowest BCUT2D eigenvalue weighted by Crippen LogP contribution is -3.10. The van der Waals surface area contributed by atoms with Crippen LogP contribution in [0, 0.1) is 0 Å². The first kappa shape index (κ1) is 12.1. The summed E-state index contributed by atoms with van der Waals surface area (Å²) in [5.74, 6) is -1.09. The number of carboxylic acid groups (broad SMARTS) is 1. The molecule has 1 aromatic rings. The van der Waals surface area contributed by atoms with Crippen LogP contribution in [0.4, 0.5) is 0 Å². The van der Waals surface area contributed by atoms with Crippen molar-refractivity contribution in [3.05, 3.63) is 35.4 Å². The molecule has 3 nitrogen and oxygen atoms in total. The summed E-state index contributed by atoms with van der Waals surface area (Å²) in [6, 6.07) is 7.14. The number of benzene rings is 1. The van der Waals surface area contributed by atoms with E-state index in [0.29, 0.717) is 0 Å². The van der Waals surface area contributed by atoms with E-state index in [0.717, 1.165) is 12.1 Å². The van der Waals surface area contributed by atoms with Gasteiger partial charge in [0.2, 0.25) is 0 Å². The van der Waals surface area contributed by atoms with Gasteiger partial charge in [0.25, 0.3) is 0 Å². The van der Waals surface area contributed by atoms with Crippen molar-refractivity contribution in [3.8, 4) is 0 Å². The third-order valence-electron chi connectivity index (χ3n) is 3.43. The van der Waals surface area contributed by atoms with E-state index in [1.165, 1.54) is 38.8 Å². The van der Waals surface area contributed by atoms with E-state index in [9.17, 15) is 9.90 Å². The fourth-order valence-electron chi connectivity index (χ4n) is 2.50. The highest BCUT2D eigenvalue weighted by molar-refractivity contribution is 5.85. The number of rotatable bonds is 3. The summed E-state index contributed by atoms with van der Waals surface area (Å²) >= 11 is 0. The lowest BCUT2D eigenvalue weighted by molar-refractivity contribution is -0.913. The van der Waals surface area contributed by atoms with Gasteiger partial charge in [-0.05, 0) is 37.3 Å². The molecule has 1 N–H and O–H groups in total. The molecule has 1 aliphatic rings. The van der Waals surface area contributed by atoms with E-state index < -0.39 is 5.97 Å². The van der Waals surface area contributed by atoms with Crippen molar-refractivity contribution in [1.82, 2.24) is 0 Å². The molecule has 1 aliphatic heterocycles. The van der Waals surface area contributed by atoms with Crippen molar-refractivity contribution >= 4 is 5.97 Å². The molecule has 0 saturated carbocycles. The average molecular weight is 233 g/mol. The molecule has 0 aromatic heterocycles. The van der Waals surface area contributed by atoms with Gasteiger partial charge in [0.05, 0.1) is 19.1 Å². The summed E-state index contributed by atoms with van der Waals surface area (Å²) in [7, 11) is 0. The van der Waals surface area contributed by atoms with Gasteiger partial charge >= 0.3 is 0 Å². The third-order valence-corrected chi connectivity index (χ3v) is 3.43. The molecule has 0 unspecified atom stereocenters. The summed E-state index contributed by atoms with van der Waals surface area (Å²) in [6.07, 6.45) is 5.25. The molecule has 92 valence electrons. The molecule has 0 bridgehead atoms. The summed E-state index contributed by atoms with van der Waals surface area (Å²) in [5, 5.41) is 10.8. The number of carbonyl (C=O) groups excluding carboxylic acids is 1. The van der Waals surface area contributed by atoms with Gasteiger partial charge in [-0.2, -0.15) is 0 Å². The van der Waals surface area contributed by atoms with Crippen LogP contribution >= 0.6 is 0 Å². The van der Waals surface area contributed by atoms with E-state index in [4.69, 9.17) is 0 Å². The van der Waals surface area contributed by atoms with Crippen LogP contribution in [0.5, 0.6) is 0 Å². The molecule has 1 aromatic carbocycles. The molecule has 1 heterocycles. The third kappa shape index (κ3) is 3.56. The maximum Gasteiger partial charge on any atom is 0.103 e. The number of aromatic carboxylic acids is 1. The quantitative estimate of drug-likeness (QED) is 0.799. The zero-order valence-corrected chi connectivity index (χ0v) is 10.1. The Bertz CT molecular complexity index is 382. The lowest BCUT2D eigenvalue weighted by atomic mass is 10.1. The smallest absolute Gasteiger partial charge is 0.103 e. The monoisotopic (exact) mass is 233 g/mol. The topological polar surface area (TPSA) is 44.6 Å². The SMILES string of the molecule is O=C([O-])c1cccc(C[NH+]2CCCCCC2)c1. The molecule has 0 amide bonds. The Morgan fingerprint density at radius 3 is 2.53 bits per heavy atom. The van der Waals surface area contributed by atoms with E-state index in [1.807, 2.05) is 6.07 Å². The maximum absolute atomic E-state index is 10.8. The zero-order chi connectivity index (χ0) is 12.1. The minimum atomic E-state index is -1.09. The predicted octanol–water partition coefficient (Wildman–Crippen LogP) is 0.00900. The Kier molecular flexibility index (Phi) is 4.15. The highest BCUT2D eigenvalue weighted by atomic mass is 16.4. The fraction of sp³-hybridized carbons (Fsp3) is 0.500. The molecule has 1 saturated heterocycles. The van der Waals surface area contributed by atoms with Crippen molar-refractivity contribution in [3.63, 3.8) is 0 Å². The number of carbonyl (C=O) groups is 1. The van der Waals surface area contributed by atoms with Gasteiger partial charge in [0.1, 0.15) is 6.54 Å². The number of hydrogen-bond acceptors (Lipinski definition) is 2. The van der Waals surface area contributed by atoms with E-state index in [2.05, 4.69) is 0 Å². The van der Waals surface area contributed by atoms with Crippen molar-refractivity contribution in [1.29, 1.82) is 0 Å². The number of quaternary nitrogens is 1. The minimum Gasteiger partial charge on any atom is -0.545 e. The van der Waals surface area contributed by atoms with Gasteiger partial charge in [-0.25, -0.2) is 0 Å². The lowest BCUT2D eigenvalue weighted by Gasteiger charge is -2.17. The Balaban J connectivity index is 2.01. The number of nitrogens with one attached hydrogen (secondary N) is 1. The molecule has 0 aliphatic carbocycles. The van der Waals surface area contributed by atoms with Gasteiger partial charge in [0.15, 0.2) is 0 Å². The van der Waals surface area contributed by atoms with Crippen molar-refractivity contribution < 1.29 is 14.8 Å². The van der Waals surface area contributed by atoms with Crippen LogP contribution < -0.4 is 10.0 Å². The second kappa shape index (κ2) is 5.82. The molecule has 17 heavy (non-hydrogen) atoms. The van der Waals surface area contributed by atoms with Crippen molar-refractivity contribution in [2.45, 2.75) is 32.2 Å². The van der Waals surface area contributed by atoms with Crippen molar-refractivity contribution in [2.24, 2.45) is 0 Å². The normalized spacial score (nSPS) is 17.6. The van der Waals surface area contributed by atoms with Gasteiger partial charge in [-0.3, -0.25) is 0 Å². The van der Waals surface area contributed by atoms with Gasteiger partial charge in [-0.15, -0.1) is 0 Å². The van der Waals surface area contributed by atoms with Crippen LogP contribution in [-0.2, 0) is 6.54 Å². The summed E-state index contributed by atoms with van der Waals surface area (Å²) in [5.41, 5.74) is 1.39. The van der Waals surface area contributed by atoms with Crippen LogP contribution in [0.15, 0.2) is 24.3 Å². The molecular weight excluding hydrogens is 214 g/mol. The van der Waals surface area contributed by atoms with Gasteiger partial charge < -0.3 is 14.8 Å². The maximum atomic E-state index is 10.8. The van der Waals surface area contributed by atoms with E-state index in [-0.39, 0.29) is 5.56 Å². The summed E-state index contributed by atoms with van der Waals surface area (Å²) in [6.45, 7) is 3.34.